The van der Waals surface area contributed by atoms with Gasteiger partial charge in [-0.15, -0.1) is 0 Å². The second-order valence-electron chi connectivity index (χ2n) is 2.54. The molecular formula is C7H18N2. The summed E-state index contributed by atoms with van der Waals surface area (Å²) in [6.45, 7) is 8.33. The Morgan fingerprint density at radius 1 is 1.44 bits per heavy atom. The van der Waals surface area contributed by atoms with E-state index in [0.717, 1.165) is 0 Å². The van der Waals surface area contributed by atoms with E-state index in [2.05, 4.69) is 17.1 Å². The summed E-state index contributed by atoms with van der Waals surface area (Å²) in [5.74, 6) is 0. The molecule has 56 valence electrons. The van der Waals surface area contributed by atoms with Crippen LogP contribution in [0, 0.1) is 0 Å². The Labute approximate surface area is 58.7 Å². The Morgan fingerprint density at radius 2 is 2.33 bits per heavy atom. The highest BCUT2D eigenvalue weighted by Crippen LogP contribution is 1.92. The van der Waals surface area contributed by atoms with Gasteiger partial charge in [0.05, 0.1) is 0 Å². The molecule has 1 N–H and O–H groups in total. The van der Waals surface area contributed by atoms with Gasteiger partial charge in [-0.1, -0.05) is 6.92 Å². The minimum absolute atomic E-state index is 0. The van der Waals surface area contributed by atoms with Crippen molar-refractivity contribution in [3.63, 3.8) is 0 Å². The summed E-state index contributed by atoms with van der Waals surface area (Å²) in [6.07, 6.45) is 1.31. The average Bonchev–Trinajstić information content (AvgIpc) is 2.13. The summed E-state index contributed by atoms with van der Waals surface area (Å²) in [4.78, 5) is 2.49. The van der Waals surface area contributed by atoms with E-state index < -0.39 is 0 Å². The van der Waals surface area contributed by atoms with Crippen LogP contribution >= 0.6 is 0 Å². The lowest BCUT2D eigenvalue weighted by Gasteiger charge is -2.15. The summed E-state index contributed by atoms with van der Waals surface area (Å²) in [5.41, 5.74) is 0. The highest BCUT2D eigenvalue weighted by Gasteiger charge is 2.03. The molecule has 0 saturated carbocycles. The molecule has 2 heteroatoms. The number of rotatable bonds is 1. The molecule has 1 aliphatic rings. The molecule has 0 atom stereocenters. The number of nitrogens with one attached hydrogen (secondary N) is 1. The molecule has 1 heterocycles. The van der Waals surface area contributed by atoms with Crippen LogP contribution in [0.25, 0.3) is 0 Å². The Balaban J connectivity index is 0.000000810. The predicted molar refractivity (Wildman–Crippen MR) is 41.7 cm³/mol. The molecule has 0 aromatic carbocycles. The number of nitrogens with zero attached hydrogens (tertiary/aromatic N) is 1. The standard InChI is InChI=1S/C7H16N2.H2/c1-2-9-6-3-4-8-5-7-9;/h8H,2-7H2,1H3;1H. The Morgan fingerprint density at radius 3 is 3.11 bits per heavy atom. The van der Waals surface area contributed by atoms with Crippen molar-refractivity contribution in [1.29, 1.82) is 0 Å². The van der Waals surface area contributed by atoms with Gasteiger partial charge in [0, 0.05) is 14.5 Å². The van der Waals surface area contributed by atoms with Gasteiger partial charge in [0.1, 0.15) is 0 Å². The molecule has 1 saturated heterocycles. The zero-order valence-corrected chi connectivity index (χ0v) is 6.19. The molecule has 0 radical (unpaired) electrons. The average molecular weight is 130 g/mol. The maximum atomic E-state index is 3.37. The zero-order valence-electron chi connectivity index (χ0n) is 6.19. The van der Waals surface area contributed by atoms with E-state index in [4.69, 9.17) is 0 Å². The van der Waals surface area contributed by atoms with Crippen LogP contribution in [0.4, 0.5) is 0 Å². The van der Waals surface area contributed by atoms with E-state index in [1.807, 2.05) is 0 Å². The molecular weight excluding hydrogens is 112 g/mol. The van der Waals surface area contributed by atoms with Crippen LogP contribution in [0.2, 0.25) is 0 Å². The molecule has 0 amide bonds. The largest absolute Gasteiger partial charge is 0.315 e. The molecule has 2 nitrogen and oxygen atoms in total. The lowest BCUT2D eigenvalue weighted by Crippen LogP contribution is -2.27. The van der Waals surface area contributed by atoms with Gasteiger partial charge in [0.15, 0.2) is 0 Å². The van der Waals surface area contributed by atoms with Gasteiger partial charge < -0.3 is 10.2 Å². The van der Waals surface area contributed by atoms with E-state index in [1.54, 1.807) is 0 Å². The van der Waals surface area contributed by atoms with Gasteiger partial charge in [-0.05, 0) is 26.1 Å². The summed E-state index contributed by atoms with van der Waals surface area (Å²) in [7, 11) is 0. The Kier molecular flexibility index (Phi) is 3.01. The SMILES string of the molecule is CCN1CCCNCC1.[HH]. The van der Waals surface area contributed by atoms with Crippen molar-refractivity contribution in [2.75, 3.05) is 32.7 Å². The van der Waals surface area contributed by atoms with Gasteiger partial charge >= 0.3 is 0 Å². The summed E-state index contributed by atoms with van der Waals surface area (Å²) in [6, 6.07) is 0. The first kappa shape index (κ1) is 7.03. The van der Waals surface area contributed by atoms with Crippen molar-refractivity contribution in [3.8, 4) is 0 Å². The highest BCUT2D eigenvalue weighted by molar-refractivity contribution is 4.63. The van der Waals surface area contributed by atoms with Gasteiger partial charge in [0.2, 0.25) is 0 Å². The third-order valence-corrected chi connectivity index (χ3v) is 1.88. The van der Waals surface area contributed by atoms with E-state index >= 15 is 0 Å². The lowest BCUT2D eigenvalue weighted by atomic mass is 10.4. The predicted octanol–water partition coefficient (Wildman–Crippen LogP) is 0.548. The van der Waals surface area contributed by atoms with Crippen molar-refractivity contribution in [3.05, 3.63) is 0 Å². The molecule has 1 rings (SSSR count). The van der Waals surface area contributed by atoms with E-state index in [9.17, 15) is 0 Å². The molecule has 0 aromatic rings. The van der Waals surface area contributed by atoms with Crippen molar-refractivity contribution in [2.24, 2.45) is 0 Å². The minimum atomic E-state index is 0. The maximum Gasteiger partial charge on any atom is 0.0107 e. The fourth-order valence-corrected chi connectivity index (χ4v) is 1.22. The topological polar surface area (TPSA) is 15.3 Å². The fourth-order valence-electron chi connectivity index (χ4n) is 1.22. The quantitative estimate of drug-likeness (QED) is 0.557. The van der Waals surface area contributed by atoms with Gasteiger partial charge in [-0.2, -0.15) is 0 Å². The third-order valence-electron chi connectivity index (χ3n) is 1.88. The molecule has 1 aliphatic heterocycles. The van der Waals surface area contributed by atoms with E-state index in [-0.39, 0.29) is 1.43 Å². The van der Waals surface area contributed by atoms with Gasteiger partial charge in [-0.25, -0.2) is 0 Å². The summed E-state index contributed by atoms with van der Waals surface area (Å²) in [5, 5.41) is 3.37. The molecule has 0 bridgehead atoms. The van der Waals surface area contributed by atoms with Crippen molar-refractivity contribution >= 4 is 0 Å². The van der Waals surface area contributed by atoms with Crippen LogP contribution in [0.15, 0.2) is 0 Å². The fraction of sp³-hybridized carbons (Fsp3) is 1.00. The smallest absolute Gasteiger partial charge is 0.0107 e. The summed E-state index contributed by atoms with van der Waals surface area (Å²) < 4.78 is 0. The molecule has 0 aromatic heterocycles. The molecule has 0 spiro atoms. The van der Waals surface area contributed by atoms with Crippen LogP contribution < -0.4 is 5.32 Å². The normalized spacial score (nSPS) is 23.7. The van der Waals surface area contributed by atoms with Crippen molar-refractivity contribution in [1.82, 2.24) is 10.2 Å². The highest BCUT2D eigenvalue weighted by atomic mass is 15.1. The lowest BCUT2D eigenvalue weighted by molar-refractivity contribution is 0.309. The van der Waals surface area contributed by atoms with Gasteiger partial charge in [0.25, 0.3) is 0 Å². The minimum Gasteiger partial charge on any atom is -0.315 e. The molecule has 9 heavy (non-hydrogen) atoms. The Bertz CT molecular complexity index is 70.0. The first-order valence-corrected chi connectivity index (χ1v) is 3.86. The molecule has 0 unspecified atom stereocenters. The number of hydrogen-bond acceptors (Lipinski definition) is 2. The zero-order chi connectivity index (χ0) is 6.53. The van der Waals surface area contributed by atoms with Gasteiger partial charge in [-0.3, -0.25) is 0 Å². The summed E-state index contributed by atoms with van der Waals surface area (Å²) >= 11 is 0. The Hall–Kier alpha value is -0.0800. The van der Waals surface area contributed by atoms with Crippen LogP contribution in [0.1, 0.15) is 14.8 Å². The number of likely N-dealkylation sites (N-methyl/N-ethyl adjacent to an activating group) is 1. The third kappa shape index (κ3) is 2.33. The van der Waals surface area contributed by atoms with Crippen LogP contribution in [-0.2, 0) is 0 Å². The van der Waals surface area contributed by atoms with Crippen LogP contribution in [0.5, 0.6) is 0 Å². The maximum absolute atomic E-state index is 3.37. The van der Waals surface area contributed by atoms with Crippen LogP contribution in [-0.4, -0.2) is 37.6 Å². The number of hydrogen-bond donors (Lipinski definition) is 1. The first-order valence-electron chi connectivity index (χ1n) is 3.86. The van der Waals surface area contributed by atoms with E-state index in [0.29, 0.717) is 0 Å². The van der Waals surface area contributed by atoms with Crippen molar-refractivity contribution < 1.29 is 1.43 Å². The van der Waals surface area contributed by atoms with Crippen molar-refractivity contribution in [2.45, 2.75) is 13.3 Å². The second-order valence-corrected chi connectivity index (χ2v) is 2.54. The van der Waals surface area contributed by atoms with Crippen LogP contribution in [0.3, 0.4) is 0 Å². The van der Waals surface area contributed by atoms with E-state index in [1.165, 1.54) is 39.1 Å². The second kappa shape index (κ2) is 3.85. The molecule has 0 aliphatic carbocycles. The monoisotopic (exact) mass is 130 g/mol. The molecule has 1 fully saturated rings. The first-order chi connectivity index (χ1) is 4.43.